The maximum Gasteiger partial charge on any atom is 0.147 e. The van der Waals surface area contributed by atoms with E-state index in [-0.39, 0.29) is 0 Å². The Morgan fingerprint density at radius 1 is 1.12 bits per heavy atom. The monoisotopic (exact) mass is 373 g/mol. The minimum atomic E-state index is -1.09. The van der Waals surface area contributed by atoms with Gasteiger partial charge in [0, 0.05) is 26.4 Å². The van der Waals surface area contributed by atoms with Crippen molar-refractivity contribution in [2.75, 3.05) is 6.61 Å². The SMILES string of the molecule is Cc1ccccc1-c1cn(COCC[Si](C)(C)C)c2ncnc(Cl)c12. The molecule has 3 aromatic rings. The average molecular weight is 374 g/mol. The molecular weight excluding hydrogens is 350 g/mol. The van der Waals surface area contributed by atoms with Gasteiger partial charge < -0.3 is 9.30 Å². The Labute approximate surface area is 154 Å². The number of benzene rings is 1. The zero-order chi connectivity index (χ0) is 18.0. The Hall–Kier alpha value is -1.69. The predicted molar refractivity (Wildman–Crippen MR) is 107 cm³/mol. The first kappa shape index (κ1) is 18.1. The van der Waals surface area contributed by atoms with Crippen molar-refractivity contribution < 1.29 is 4.74 Å². The standard InChI is InChI=1S/C19H24ClN3OSi/c1-14-7-5-6-8-15(14)16-11-23(13-24-9-10-25(2,3)4)19-17(16)18(20)21-12-22-19/h5-8,11-12H,9-10,13H2,1-4H3. The third-order valence-corrected chi connectivity index (χ3v) is 6.26. The van der Waals surface area contributed by atoms with Gasteiger partial charge in [-0.1, -0.05) is 55.5 Å². The molecule has 132 valence electrons. The average Bonchev–Trinajstić information content (AvgIpc) is 2.91. The molecule has 2 heterocycles. The minimum Gasteiger partial charge on any atom is -0.361 e. The molecule has 0 bridgehead atoms. The number of rotatable bonds is 6. The summed E-state index contributed by atoms with van der Waals surface area (Å²) >= 11 is 6.40. The highest BCUT2D eigenvalue weighted by Gasteiger charge is 2.17. The molecule has 0 amide bonds. The van der Waals surface area contributed by atoms with E-state index in [4.69, 9.17) is 16.3 Å². The van der Waals surface area contributed by atoms with Crippen LogP contribution in [0.25, 0.3) is 22.2 Å². The molecule has 2 aromatic heterocycles. The minimum absolute atomic E-state index is 0.472. The van der Waals surface area contributed by atoms with E-state index in [1.807, 2.05) is 16.7 Å². The third-order valence-electron chi connectivity index (χ3n) is 4.27. The van der Waals surface area contributed by atoms with Crippen LogP contribution >= 0.6 is 11.6 Å². The van der Waals surface area contributed by atoms with Crippen LogP contribution in [0.5, 0.6) is 0 Å². The van der Waals surface area contributed by atoms with E-state index in [0.717, 1.165) is 34.8 Å². The van der Waals surface area contributed by atoms with Crippen molar-refractivity contribution >= 4 is 30.7 Å². The number of aryl methyl sites for hydroxylation is 1. The first-order valence-corrected chi connectivity index (χ1v) is 12.6. The second-order valence-electron chi connectivity index (χ2n) is 7.54. The molecule has 0 atom stereocenters. The lowest BCUT2D eigenvalue weighted by molar-refractivity contribution is 0.0899. The van der Waals surface area contributed by atoms with Crippen LogP contribution in [-0.4, -0.2) is 29.2 Å². The van der Waals surface area contributed by atoms with Crippen molar-refractivity contribution in [3.8, 4) is 11.1 Å². The van der Waals surface area contributed by atoms with Gasteiger partial charge >= 0.3 is 0 Å². The molecule has 0 fully saturated rings. The second kappa shape index (κ2) is 7.28. The summed E-state index contributed by atoms with van der Waals surface area (Å²) in [6.45, 7) is 10.4. The Balaban J connectivity index is 1.95. The highest BCUT2D eigenvalue weighted by molar-refractivity contribution is 6.76. The zero-order valence-electron chi connectivity index (χ0n) is 15.2. The van der Waals surface area contributed by atoms with Crippen molar-refractivity contribution in [1.82, 2.24) is 14.5 Å². The van der Waals surface area contributed by atoms with Gasteiger partial charge in [0.1, 0.15) is 23.9 Å². The van der Waals surface area contributed by atoms with Crippen LogP contribution < -0.4 is 0 Å². The van der Waals surface area contributed by atoms with Gasteiger partial charge in [-0.15, -0.1) is 0 Å². The molecule has 4 nitrogen and oxygen atoms in total. The van der Waals surface area contributed by atoms with E-state index < -0.39 is 8.07 Å². The van der Waals surface area contributed by atoms with Gasteiger partial charge in [-0.25, -0.2) is 9.97 Å². The summed E-state index contributed by atoms with van der Waals surface area (Å²) in [5.74, 6) is 0. The van der Waals surface area contributed by atoms with Crippen LogP contribution in [0, 0.1) is 6.92 Å². The van der Waals surface area contributed by atoms with Crippen molar-refractivity contribution in [2.45, 2.75) is 39.3 Å². The van der Waals surface area contributed by atoms with Crippen molar-refractivity contribution in [3.63, 3.8) is 0 Å². The summed E-state index contributed by atoms with van der Waals surface area (Å²) in [5.41, 5.74) is 4.20. The second-order valence-corrected chi connectivity index (χ2v) is 13.5. The van der Waals surface area contributed by atoms with Crippen molar-refractivity contribution in [1.29, 1.82) is 0 Å². The van der Waals surface area contributed by atoms with Gasteiger partial charge in [-0.3, -0.25) is 0 Å². The van der Waals surface area contributed by atoms with Crippen LogP contribution in [0.3, 0.4) is 0 Å². The van der Waals surface area contributed by atoms with E-state index in [2.05, 4.69) is 54.9 Å². The molecule has 0 aliphatic rings. The van der Waals surface area contributed by atoms with E-state index in [0.29, 0.717) is 11.9 Å². The molecular formula is C19H24ClN3OSi. The Morgan fingerprint density at radius 3 is 2.60 bits per heavy atom. The largest absolute Gasteiger partial charge is 0.361 e. The normalized spacial score (nSPS) is 12.0. The van der Waals surface area contributed by atoms with Crippen LogP contribution in [0.1, 0.15) is 5.56 Å². The maximum atomic E-state index is 6.40. The van der Waals surface area contributed by atoms with Gasteiger partial charge in [0.15, 0.2) is 0 Å². The number of hydrogen-bond acceptors (Lipinski definition) is 3. The topological polar surface area (TPSA) is 39.9 Å². The summed E-state index contributed by atoms with van der Waals surface area (Å²) < 4.78 is 7.94. The summed E-state index contributed by atoms with van der Waals surface area (Å²) in [6.07, 6.45) is 3.58. The van der Waals surface area contributed by atoms with Crippen molar-refractivity contribution in [3.05, 3.63) is 47.5 Å². The Kier molecular flexibility index (Phi) is 5.27. The molecule has 6 heteroatoms. The third kappa shape index (κ3) is 4.11. The highest BCUT2D eigenvalue weighted by Crippen LogP contribution is 2.35. The highest BCUT2D eigenvalue weighted by atomic mass is 35.5. The molecule has 0 unspecified atom stereocenters. The number of aromatic nitrogens is 3. The molecule has 25 heavy (non-hydrogen) atoms. The predicted octanol–water partition coefficient (Wildman–Crippen LogP) is 5.37. The quantitative estimate of drug-likeness (QED) is 0.331. The van der Waals surface area contributed by atoms with Crippen LogP contribution in [0.2, 0.25) is 30.8 Å². The molecule has 0 aliphatic carbocycles. The fourth-order valence-corrected chi connectivity index (χ4v) is 3.79. The Morgan fingerprint density at radius 2 is 1.88 bits per heavy atom. The Bertz CT molecular complexity index is 886. The van der Waals surface area contributed by atoms with Gasteiger partial charge in [0.2, 0.25) is 0 Å². The smallest absolute Gasteiger partial charge is 0.147 e. The number of hydrogen-bond donors (Lipinski definition) is 0. The van der Waals surface area contributed by atoms with E-state index in [1.165, 1.54) is 11.9 Å². The molecule has 0 saturated carbocycles. The summed E-state index contributed by atoms with van der Waals surface area (Å²) in [7, 11) is -1.09. The molecule has 0 spiro atoms. The fourth-order valence-electron chi connectivity index (χ4n) is 2.81. The lowest BCUT2D eigenvalue weighted by Gasteiger charge is -2.15. The zero-order valence-corrected chi connectivity index (χ0v) is 17.0. The number of halogens is 1. The maximum absolute atomic E-state index is 6.40. The van der Waals surface area contributed by atoms with Crippen LogP contribution in [-0.2, 0) is 11.5 Å². The van der Waals surface area contributed by atoms with E-state index >= 15 is 0 Å². The van der Waals surface area contributed by atoms with Crippen LogP contribution in [0.4, 0.5) is 0 Å². The molecule has 3 rings (SSSR count). The molecule has 0 radical (unpaired) electrons. The van der Waals surface area contributed by atoms with Gasteiger partial charge in [0.25, 0.3) is 0 Å². The van der Waals surface area contributed by atoms with E-state index in [9.17, 15) is 0 Å². The molecule has 0 N–H and O–H groups in total. The first-order chi connectivity index (χ1) is 11.9. The van der Waals surface area contributed by atoms with E-state index in [1.54, 1.807) is 0 Å². The van der Waals surface area contributed by atoms with Crippen molar-refractivity contribution in [2.24, 2.45) is 0 Å². The summed E-state index contributed by atoms with van der Waals surface area (Å²) in [4.78, 5) is 8.61. The molecule has 1 aromatic carbocycles. The number of ether oxygens (including phenoxy) is 1. The van der Waals surface area contributed by atoms with Gasteiger partial charge in [-0.05, 0) is 24.1 Å². The van der Waals surface area contributed by atoms with Gasteiger partial charge in [-0.2, -0.15) is 0 Å². The molecule has 0 aliphatic heterocycles. The number of fused-ring (bicyclic) bond motifs is 1. The lowest BCUT2D eigenvalue weighted by atomic mass is 10.0. The van der Waals surface area contributed by atoms with Gasteiger partial charge in [0.05, 0.1) is 5.39 Å². The van der Waals surface area contributed by atoms with Crippen LogP contribution in [0.15, 0.2) is 36.8 Å². The first-order valence-electron chi connectivity index (χ1n) is 8.50. The summed E-state index contributed by atoms with van der Waals surface area (Å²) in [5, 5.41) is 1.36. The fraction of sp³-hybridized carbons (Fsp3) is 0.368. The number of nitrogens with zero attached hydrogens (tertiary/aromatic N) is 3. The lowest BCUT2D eigenvalue weighted by Crippen LogP contribution is -2.22. The molecule has 0 saturated heterocycles. The summed E-state index contributed by atoms with van der Waals surface area (Å²) in [6, 6.07) is 9.42.